The van der Waals surface area contributed by atoms with Crippen LogP contribution in [0.2, 0.25) is 0 Å². The lowest BCUT2D eigenvalue weighted by molar-refractivity contribution is -0.155. The van der Waals surface area contributed by atoms with E-state index < -0.39 is 28.0 Å². The summed E-state index contributed by atoms with van der Waals surface area (Å²) in [6, 6.07) is 3.00. The van der Waals surface area contributed by atoms with Gasteiger partial charge in [-0.3, -0.25) is 9.78 Å². The molecule has 2 heterocycles. The Balaban J connectivity index is 1.95. The first-order valence-corrected chi connectivity index (χ1v) is 11.2. The van der Waals surface area contributed by atoms with Gasteiger partial charge >= 0.3 is 6.18 Å². The fourth-order valence-corrected chi connectivity index (χ4v) is 5.02. The van der Waals surface area contributed by atoms with Gasteiger partial charge in [0.2, 0.25) is 0 Å². The first-order valence-electron chi connectivity index (χ1n) is 9.50. The molecular formula is C20H22F3N3O3S. The van der Waals surface area contributed by atoms with Crippen molar-refractivity contribution in [2.24, 2.45) is 5.92 Å². The number of amides is 1. The smallest absolute Gasteiger partial charge is 0.335 e. The summed E-state index contributed by atoms with van der Waals surface area (Å²) in [5, 5.41) is 1.70. The third-order valence-corrected chi connectivity index (χ3v) is 6.63. The third-order valence-electron chi connectivity index (χ3n) is 4.61. The summed E-state index contributed by atoms with van der Waals surface area (Å²) in [6.45, 7) is 3.49. The highest BCUT2D eigenvalue weighted by Crippen LogP contribution is 2.42. The molecule has 1 amide bonds. The maximum Gasteiger partial charge on any atom is 0.412 e. The Morgan fingerprint density at radius 2 is 1.93 bits per heavy atom. The van der Waals surface area contributed by atoms with Gasteiger partial charge < -0.3 is 5.32 Å². The molecule has 2 aromatic heterocycles. The van der Waals surface area contributed by atoms with Crippen molar-refractivity contribution in [3.63, 3.8) is 0 Å². The molecule has 6 nitrogen and oxygen atoms in total. The first-order chi connectivity index (χ1) is 14.0. The van der Waals surface area contributed by atoms with Gasteiger partial charge in [-0.1, -0.05) is 26.0 Å². The van der Waals surface area contributed by atoms with Gasteiger partial charge in [0.15, 0.2) is 20.9 Å². The van der Waals surface area contributed by atoms with Crippen LogP contribution in [0.3, 0.4) is 0 Å². The Hall–Kier alpha value is -2.49. The van der Waals surface area contributed by atoms with E-state index in [4.69, 9.17) is 0 Å². The molecule has 2 aromatic rings. The summed E-state index contributed by atoms with van der Waals surface area (Å²) >= 11 is 0. The third kappa shape index (κ3) is 5.16. The minimum absolute atomic E-state index is 0.0462. The lowest BCUT2D eigenvalue weighted by atomic mass is 10.1. The molecule has 10 heteroatoms. The molecule has 1 atom stereocenters. The van der Waals surface area contributed by atoms with Crippen LogP contribution in [0, 0.1) is 5.92 Å². The predicted octanol–water partition coefficient (Wildman–Crippen LogP) is 3.82. The van der Waals surface area contributed by atoms with Gasteiger partial charge in [0.25, 0.3) is 5.91 Å². The fraction of sp³-hybridized carbons (Fsp3) is 0.450. The van der Waals surface area contributed by atoms with Gasteiger partial charge in [-0.2, -0.15) is 13.2 Å². The topological polar surface area (TPSA) is 89.0 Å². The van der Waals surface area contributed by atoms with E-state index in [0.29, 0.717) is 5.56 Å². The number of hydrogen-bond acceptors (Lipinski definition) is 5. The van der Waals surface area contributed by atoms with Crippen molar-refractivity contribution in [3.8, 4) is 0 Å². The summed E-state index contributed by atoms with van der Waals surface area (Å²) in [5.41, 5.74) is -0.0905. The molecule has 1 saturated carbocycles. The van der Waals surface area contributed by atoms with Crippen molar-refractivity contribution in [1.29, 1.82) is 0 Å². The zero-order valence-electron chi connectivity index (χ0n) is 16.5. The van der Waals surface area contributed by atoms with Gasteiger partial charge in [0, 0.05) is 18.0 Å². The molecule has 1 aliphatic carbocycles. The van der Waals surface area contributed by atoms with E-state index in [1.54, 1.807) is 13.8 Å². The number of hydrogen-bond donors (Lipinski definition) is 1. The van der Waals surface area contributed by atoms with Crippen LogP contribution in [0.25, 0.3) is 0 Å². The van der Waals surface area contributed by atoms with E-state index in [-0.39, 0.29) is 33.9 Å². The molecule has 30 heavy (non-hydrogen) atoms. The highest BCUT2D eigenvalue weighted by molar-refractivity contribution is 7.91. The number of nitrogens with zero attached hydrogens (tertiary/aromatic N) is 2. The van der Waals surface area contributed by atoms with Gasteiger partial charge in [-0.25, -0.2) is 13.4 Å². The molecule has 0 saturated heterocycles. The van der Waals surface area contributed by atoms with Crippen LogP contribution in [0.4, 0.5) is 13.2 Å². The Bertz CT molecular complexity index is 1020. The number of nitrogens with one attached hydrogen (secondary N) is 1. The maximum absolute atomic E-state index is 13.5. The van der Waals surface area contributed by atoms with Gasteiger partial charge in [0.05, 0.1) is 5.75 Å². The zero-order valence-corrected chi connectivity index (χ0v) is 17.3. The highest BCUT2D eigenvalue weighted by atomic mass is 32.2. The van der Waals surface area contributed by atoms with Gasteiger partial charge in [-0.05, 0) is 42.4 Å². The van der Waals surface area contributed by atoms with E-state index >= 15 is 0 Å². The summed E-state index contributed by atoms with van der Waals surface area (Å²) in [7, 11) is -3.78. The van der Waals surface area contributed by atoms with E-state index in [0.717, 1.165) is 19.0 Å². The lowest BCUT2D eigenvalue weighted by Gasteiger charge is -2.22. The van der Waals surface area contributed by atoms with Crippen molar-refractivity contribution in [3.05, 3.63) is 53.5 Å². The second-order valence-corrected chi connectivity index (χ2v) is 9.72. The minimum atomic E-state index is -4.76. The Morgan fingerprint density at radius 1 is 1.23 bits per heavy atom. The van der Waals surface area contributed by atoms with Crippen molar-refractivity contribution in [1.82, 2.24) is 15.3 Å². The van der Waals surface area contributed by atoms with Gasteiger partial charge in [0.1, 0.15) is 5.69 Å². The summed E-state index contributed by atoms with van der Waals surface area (Å²) in [6.07, 6.45) is -0.800. The van der Waals surface area contributed by atoms with Crippen molar-refractivity contribution in [2.45, 2.75) is 49.9 Å². The molecule has 0 aliphatic heterocycles. The second-order valence-electron chi connectivity index (χ2n) is 7.77. The second kappa shape index (κ2) is 8.33. The van der Waals surface area contributed by atoms with E-state index in [1.165, 1.54) is 30.5 Å². The molecule has 0 radical (unpaired) electrons. The number of alkyl halides is 3. The minimum Gasteiger partial charge on any atom is -0.335 e. The molecule has 0 aromatic carbocycles. The Labute approximate surface area is 172 Å². The number of halogens is 3. The van der Waals surface area contributed by atoms with E-state index in [1.807, 2.05) is 5.32 Å². The number of rotatable bonds is 7. The van der Waals surface area contributed by atoms with E-state index in [9.17, 15) is 26.4 Å². The van der Waals surface area contributed by atoms with Crippen molar-refractivity contribution < 1.29 is 26.4 Å². The quantitative estimate of drug-likeness (QED) is 0.706. The Kier molecular flexibility index (Phi) is 6.16. The van der Waals surface area contributed by atoms with Crippen LogP contribution < -0.4 is 5.32 Å². The molecule has 0 bridgehead atoms. The molecular weight excluding hydrogens is 419 g/mol. The Morgan fingerprint density at radius 3 is 2.47 bits per heavy atom. The summed E-state index contributed by atoms with van der Waals surface area (Å²) in [4.78, 5) is 20.3. The summed E-state index contributed by atoms with van der Waals surface area (Å²) in [5.74, 6) is -1.39. The van der Waals surface area contributed by atoms with Crippen LogP contribution in [-0.2, 0) is 9.84 Å². The number of carbonyl (C=O) groups excluding carboxylic acids is 1. The van der Waals surface area contributed by atoms with Crippen LogP contribution in [-0.4, -0.2) is 36.2 Å². The van der Waals surface area contributed by atoms with Crippen LogP contribution >= 0.6 is 0 Å². The summed E-state index contributed by atoms with van der Waals surface area (Å²) < 4.78 is 66.1. The normalized spacial score (nSPS) is 15.8. The largest absolute Gasteiger partial charge is 0.412 e. The monoisotopic (exact) mass is 441 g/mol. The standard InChI is InChI=1S/C20H22F3N3O3S/c1-12(2)11-30(28,29)19-15(13-5-6-13)7-8-16(25-19)18(27)26-17(20(21,22)23)14-4-3-9-24-10-14/h3-4,7-10,12-13,17H,5-6,11H2,1-2H3,(H,26,27)/t17-/m0/s1. The average Bonchev–Trinajstić information content (AvgIpc) is 3.49. The van der Waals surface area contributed by atoms with Crippen LogP contribution in [0.15, 0.2) is 41.7 Å². The van der Waals surface area contributed by atoms with E-state index in [2.05, 4.69) is 9.97 Å². The molecule has 1 N–H and O–H groups in total. The molecule has 3 rings (SSSR count). The lowest BCUT2D eigenvalue weighted by Crippen LogP contribution is -2.38. The number of carbonyl (C=O) groups is 1. The number of pyridine rings is 2. The highest BCUT2D eigenvalue weighted by Gasteiger charge is 2.42. The predicted molar refractivity (Wildman–Crippen MR) is 104 cm³/mol. The van der Waals surface area contributed by atoms with Crippen LogP contribution in [0.5, 0.6) is 0 Å². The fourth-order valence-electron chi connectivity index (χ4n) is 3.16. The molecule has 1 aliphatic rings. The van der Waals surface area contributed by atoms with Crippen molar-refractivity contribution in [2.75, 3.05) is 5.75 Å². The first kappa shape index (κ1) is 22.2. The molecule has 162 valence electrons. The van der Waals surface area contributed by atoms with Crippen molar-refractivity contribution >= 4 is 15.7 Å². The van der Waals surface area contributed by atoms with Gasteiger partial charge in [-0.15, -0.1) is 0 Å². The number of aromatic nitrogens is 2. The molecule has 1 fully saturated rings. The molecule has 0 spiro atoms. The molecule has 0 unspecified atom stereocenters. The zero-order chi connectivity index (χ0) is 22.1. The number of sulfone groups is 1. The average molecular weight is 441 g/mol. The maximum atomic E-state index is 13.5. The SMILES string of the molecule is CC(C)CS(=O)(=O)c1nc(C(=O)N[C@@H](c2cccnc2)C(F)(F)F)ccc1C1CC1. The van der Waals surface area contributed by atoms with Crippen LogP contribution in [0.1, 0.15) is 60.3 Å².